The molecular formula is C54H33NO2S. The van der Waals surface area contributed by atoms with E-state index < -0.39 is 0 Å². The molecule has 0 aliphatic rings. The summed E-state index contributed by atoms with van der Waals surface area (Å²) in [6.45, 7) is 0. The van der Waals surface area contributed by atoms with Gasteiger partial charge in [-0.05, 0) is 76.3 Å². The Morgan fingerprint density at radius 2 is 1.02 bits per heavy atom. The molecule has 0 saturated carbocycles. The summed E-state index contributed by atoms with van der Waals surface area (Å²) in [7, 11) is 0. The fraction of sp³-hybridized carbons (Fsp3) is 0. The van der Waals surface area contributed by atoms with Crippen molar-refractivity contribution in [1.29, 1.82) is 0 Å². The first-order chi connectivity index (χ1) is 28.8. The molecule has 3 aromatic heterocycles. The Labute approximate surface area is 338 Å². The second-order valence-corrected chi connectivity index (χ2v) is 15.8. The van der Waals surface area contributed by atoms with Crippen LogP contribution >= 0.6 is 11.3 Å². The highest BCUT2D eigenvalue weighted by Gasteiger charge is 2.25. The van der Waals surface area contributed by atoms with E-state index in [1.54, 1.807) is 0 Å². The van der Waals surface area contributed by atoms with Gasteiger partial charge < -0.3 is 13.7 Å². The molecule has 0 atom stereocenters. The van der Waals surface area contributed by atoms with Crippen molar-refractivity contribution in [3.8, 4) is 33.4 Å². The van der Waals surface area contributed by atoms with E-state index in [-0.39, 0.29) is 0 Å². The van der Waals surface area contributed by atoms with Gasteiger partial charge in [0.25, 0.3) is 0 Å². The third kappa shape index (κ3) is 5.12. The second kappa shape index (κ2) is 13.1. The van der Waals surface area contributed by atoms with Gasteiger partial charge in [-0.15, -0.1) is 11.3 Å². The normalized spacial score (nSPS) is 11.8. The average molecular weight is 760 g/mol. The molecule has 58 heavy (non-hydrogen) atoms. The van der Waals surface area contributed by atoms with Crippen LogP contribution in [0.4, 0.5) is 17.1 Å². The first kappa shape index (κ1) is 32.8. The number of benzene rings is 9. The van der Waals surface area contributed by atoms with E-state index >= 15 is 0 Å². The molecule has 0 spiro atoms. The van der Waals surface area contributed by atoms with E-state index in [0.717, 1.165) is 72.1 Å². The zero-order chi connectivity index (χ0) is 38.2. The molecule has 4 heteroatoms. The number of fused-ring (bicyclic) bond motifs is 9. The molecule has 0 aliphatic heterocycles. The van der Waals surface area contributed by atoms with Crippen molar-refractivity contribution in [2.75, 3.05) is 4.90 Å². The highest BCUT2D eigenvalue weighted by Crippen LogP contribution is 2.51. The summed E-state index contributed by atoms with van der Waals surface area (Å²) in [5, 5.41) is 6.76. The zero-order valence-corrected chi connectivity index (χ0v) is 32.0. The van der Waals surface area contributed by atoms with Gasteiger partial charge in [0.2, 0.25) is 0 Å². The number of hydrogen-bond acceptors (Lipinski definition) is 4. The van der Waals surface area contributed by atoms with Crippen molar-refractivity contribution >= 4 is 92.4 Å². The quantitative estimate of drug-likeness (QED) is 0.169. The molecule has 272 valence electrons. The SMILES string of the molecule is c1ccc(-c2ccc3c(c2)sc2c(-c4ccccc4)ccc(N(c4ccc5oc6c(-c7ccccc7)cccc6c5c4)c4cccc5oc6ccccc6c45)c23)cc1. The van der Waals surface area contributed by atoms with Gasteiger partial charge in [0, 0.05) is 47.6 Å². The molecular weight excluding hydrogens is 727 g/mol. The van der Waals surface area contributed by atoms with E-state index in [9.17, 15) is 0 Å². The summed E-state index contributed by atoms with van der Waals surface area (Å²) in [5.74, 6) is 0. The summed E-state index contributed by atoms with van der Waals surface area (Å²) in [6.07, 6.45) is 0. The van der Waals surface area contributed by atoms with Crippen molar-refractivity contribution in [3.63, 3.8) is 0 Å². The average Bonchev–Trinajstić information content (AvgIpc) is 3.99. The highest BCUT2D eigenvalue weighted by molar-refractivity contribution is 7.26. The molecule has 0 N–H and O–H groups in total. The van der Waals surface area contributed by atoms with E-state index in [0.29, 0.717) is 0 Å². The van der Waals surface area contributed by atoms with Gasteiger partial charge in [-0.25, -0.2) is 0 Å². The number of anilines is 3. The van der Waals surface area contributed by atoms with Crippen LogP contribution in [0.5, 0.6) is 0 Å². The first-order valence-corrected chi connectivity index (χ1v) is 20.4. The Hall–Kier alpha value is -7.40. The van der Waals surface area contributed by atoms with Gasteiger partial charge in [-0.1, -0.05) is 152 Å². The van der Waals surface area contributed by atoms with Gasteiger partial charge in [0.1, 0.15) is 22.3 Å². The molecule has 3 heterocycles. The number of furan rings is 2. The second-order valence-electron chi connectivity index (χ2n) is 14.8. The minimum absolute atomic E-state index is 0.853. The minimum atomic E-state index is 0.853. The smallest absolute Gasteiger partial charge is 0.143 e. The Morgan fingerprint density at radius 1 is 0.362 bits per heavy atom. The van der Waals surface area contributed by atoms with Crippen LogP contribution in [0, 0.1) is 0 Å². The topological polar surface area (TPSA) is 29.5 Å². The van der Waals surface area contributed by atoms with Crippen molar-refractivity contribution in [3.05, 3.63) is 200 Å². The van der Waals surface area contributed by atoms with Gasteiger partial charge in [-0.2, -0.15) is 0 Å². The van der Waals surface area contributed by atoms with Crippen LogP contribution in [0.25, 0.3) is 97.4 Å². The van der Waals surface area contributed by atoms with Crippen LogP contribution in [-0.2, 0) is 0 Å². The summed E-state index contributed by atoms with van der Waals surface area (Å²) in [5.41, 5.74) is 13.7. The van der Waals surface area contributed by atoms with Gasteiger partial charge in [-0.3, -0.25) is 0 Å². The molecule has 0 aliphatic carbocycles. The van der Waals surface area contributed by atoms with E-state index in [2.05, 4.69) is 199 Å². The lowest BCUT2D eigenvalue weighted by atomic mass is 9.98. The molecule has 0 amide bonds. The van der Waals surface area contributed by atoms with Crippen LogP contribution in [0.15, 0.2) is 209 Å². The lowest BCUT2D eigenvalue weighted by molar-refractivity contribution is 0.669. The number of thiophene rings is 1. The first-order valence-electron chi connectivity index (χ1n) is 19.6. The van der Waals surface area contributed by atoms with Crippen molar-refractivity contribution in [1.82, 2.24) is 0 Å². The van der Waals surface area contributed by atoms with Crippen LogP contribution in [0.2, 0.25) is 0 Å². The molecule has 12 rings (SSSR count). The molecule has 12 aromatic rings. The predicted molar refractivity (Wildman–Crippen MR) is 245 cm³/mol. The van der Waals surface area contributed by atoms with E-state index in [1.807, 2.05) is 17.4 Å². The fourth-order valence-corrected chi connectivity index (χ4v) is 10.1. The Kier molecular flexibility index (Phi) is 7.40. The summed E-state index contributed by atoms with van der Waals surface area (Å²) in [6, 6.07) is 71.3. The van der Waals surface area contributed by atoms with E-state index in [4.69, 9.17) is 8.83 Å². The molecule has 0 radical (unpaired) electrons. The Balaban J connectivity index is 1.17. The monoisotopic (exact) mass is 759 g/mol. The maximum Gasteiger partial charge on any atom is 0.143 e. The zero-order valence-electron chi connectivity index (χ0n) is 31.2. The lowest BCUT2D eigenvalue weighted by Gasteiger charge is -2.28. The van der Waals surface area contributed by atoms with Crippen LogP contribution in [-0.4, -0.2) is 0 Å². The van der Waals surface area contributed by atoms with Gasteiger partial charge >= 0.3 is 0 Å². The molecule has 3 nitrogen and oxygen atoms in total. The lowest BCUT2D eigenvalue weighted by Crippen LogP contribution is -2.11. The van der Waals surface area contributed by atoms with Crippen LogP contribution in [0.1, 0.15) is 0 Å². The van der Waals surface area contributed by atoms with Crippen molar-refractivity contribution in [2.24, 2.45) is 0 Å². The Morgan fingerprint density at radius 3 is 1.83 bits per heavy atom. The molecule has 0 bridgehead atoms. The summed E-state index contributed by atoms with van der Waals surface area (Å²) in [4.78, 5) is 2.44. The summed E-state index contributed by atoms with van der Waals surface area (Å²) < 4.78 is 15.7. The highest BCUT2D eigenvalue weighted by atomic mass is 32.1. The minimum Gasteiger partial charge on any atom is -0.456 e. The van der Waals surface area contributed by atoms with Crippen molar-refractivity contribution in [2.45, 2.75) is 0 Å². The summed E-state index contributed by atoms with van der Waals surface area (Å²) >= 11 is 1.87. The molecule has 0 unspecified atom stereocenters. The molecule has 9 aromatic carbocycles. The number of para-hydroxylation sites is 2. The van der Waals surface area contributed by atoms with Gasteiger partial charge in [0.05, 0.1) is 16.8 Å². The fourth-order valence-electron chi connectivity index (χ4n) is 8.82. The standard InChI is InChI=1S/C54H33NO2S/c1-4-14-34(15-5-1)37-26-28-43-50(32-37)58-54-40(36-18-8-3-9-19-36)29-30-46(52(43)54)55(45-23-13-25-49-51(45)42-20-10-11-24-47(42)56-49)38-27-31-48-44(33-38)41-22-12-21-39(53(41)57-48)35-16-6-2-7-17-35/h1-33H. The molecule has 0 saturated heterocycles. The third-order valence-electron chi connectivity index (χ3n) is 11.5. The third-order valence-corrected chi connectivity index (χ3v) is 12.7. The van der Waals surface area contributed by atoms with Crippen LogP contribution in [0.3, 0.4) is 0 Å². The number of hydrogen-bond donors (Lipinski definition) is 0. The maximum atomic E-state index is 6.70. The number of rotatable bonds is 6. The predicted octanol–water partition coefficient (Wildman–Crippen LogP) is 16.3. The van der Waals surface area contributed by atoms with Gasteiger partial charge in [0.15, 0.2) is 0 Å². The number of nitrogens with zero attached hydrogens (tertiary/aromatic N) is 1. The van der Waals surface area contributed by atoms with E-state index in [1.165, 1.54) is 42.4 Å². The van der Waals surface area contributed by atoms with Crippen molar-refractivity contribution < 1.29 is 8.83 Å². The Bertz CT molecular complexity index is 3510. The van der Waals surface area contributed by atoms with Crippen LogP contribution < -0.4 is 4.90 Å². The largest absolute Gasteiger partial charge is 0.456 e. The maximum absolute atomic E-state index is 6.70. The molecule has 0 fully saturated rings.